The molecule has 0 amide bonds. The number of aromatic nitrogens is 3. The molecule has 5 heteroatoms. The Balaban J connectivity index is 2.51. The lowest BCUT2D eigenvalue weighted by Crippen LogP contribution is -1.88. The number of hydrogen-bond acceptors (Lipinski definition) is 5. The van der Waals surface area contributed by atoms with E-state index in [1.54, 1.807) is 0 Å². The summed E-state index contributed by atoms with van der Waals surface area (Å²) in [6, 6.07) is 0. The van der Waals surface area contributed by atoms with Gasteiger partial charge in [0.25, 0.3) is 5.88 Å². The zero-order chi connectivity index (χ0) is 6.27. The highest BCUT2D eigenvalue weighted by molar-refractivity contribution is 5.50. The molecule has 0 unspecified atom stereocenters. The molecule has 0 atom stereocenters. The number of hydrogen-bond donors (Lipinski definition) is 1. The molecule has 0 saturated carbocycles. The zero-order valence-corrected chi connectivity index (χ0v) is 4.40. The Morgan fingerprint density at radius 2 is 2.33 bits per heavy atom. The third-order valence-corrected chi connectivity index (χ3v) is 1.06. The number of fused-ring (bicyclic) bond motifs is 1. The molecule has 0 fully saturated rings. The van der Waals surface area contributed by atoms with Gasteiger partial charge in [0.2, 0.25) is 5.75 Å². The highest BCUT2D eigenvalue weighted by Gasteiger charge is 2.28. The average Bonchev–Trinajstić information content (AvgIpc) is 2.64. The quantitative estimate of drug-likeness (QED) is 0.518. The summed E-state index contributed by atoms with van der Waals surface area (Å²) in [5.74, 6) is 1.06. The topological polar surface area (TPSA) is 71.4 Å². The molecule has 0 radical (unpaired) electrons. The third-order valence-electron chi connectivity index (χ3n) is 1.06. The second-order valence-electron chi connectivity index (χ2n) is 1.63. The van der Waals surface area contributed by atoms with Crippen LogP contribution in [0.25, 0.3) is 0 Å². The number of nitrogens with zero attached hydrogens (tertiary/aromatic N) is 3. The molecule has 1 aliphatic rings. The van der Waals surface area contributed by atoms with Crippen LogP contribution < -0.4 is 4.74 Å². The summed E-state index contributed by atoms with van der Waals surface area (Å²) in [4.78, 5) is 0. The Morgan fingerprint density at radius 3 is 3.00 bits per heavy atom. The van der Waals surface area contributed by atoms with Crippen LogP contribution in [0, 0.1) is 0 Å². The fraction of sp³-hybridized carbons (Fsp3) is 0.250. The number of aliphatic hydroxyl groups is 1. The van der Waals surface area contributed by atoms with E-state index in [1.165, 1.54) is 0 Å². The molecule has 1 aromatic heterocycles. The lowest BCUT2D eigenvalue weighted by molar-refractivity contribution is 0.274. The molecule has 46 valence electrons. The van der Waals surface area contributed by atoms with Crippen LogP contribution >= 0.6 is 0 Å². The summed E-state index contributed by atoms with van der Waals surface area (Å²) in [7, 11) is 0. The molecule has 0 aromatic carbocycles. The van der Waals surface area contributed by atoms with E-state index in [-0.39, 0.29) is 6.61 Å². The molecule has 1 aromatic rings. The fourth-order valence-corrected chi connectivity index (χ4v) is 0.585. The molecule has 2 heterocycles. The van der Waals surface area contributed by atoms with Gasteiger partial charge in [-0.15, -0.1) is 5.10 Å². The van der Waals surface area contributed by atoms with Gasteiger partial charge in [0.15, 0.2) is 0 Å². The second-order valence-corrected chi connectivity index (χ2v) is 1.63. The molecule has 2 rings (SSSR count). The molecular weight excluding hydrogens is 122 g/mol. The second kappa shape index (κ2) is 1.38. The summed E-state index contributed by atoms with van der Waals surface area (Å²) >= 11 is 0. The maximum absolute atomic E-state index is 8.54. The van der Waals surface area contributed by atoms with Crippen molar-refractivity contribution in [2.75, 3.05) is 0 Å². The van der Waals surface area contributed by atoms with E-state index < -0.39 is 0 Å². The van der Waals surface area contributed by atoms with Crippen molar-refractivity contribution in [2.45, 2.75) is 6.61 Å². The van der Waals surface area contributed by atoms with Crippen molar-refractivity contribution in [3.63, 3.8) is 0 Å². The highest BCUT2D eigenvalue weighted by atomic mass is 16.6. The Bertz CT molecular complexity index is 250. The summed E-state index contributed by atoms with van der Waals surface area (Å²) in [5.41, 5.74) is 0.458. The van der Waals surface area contributed by atoms with Crippen molar-refractivity contribution in [3.05, 3.63) is 5.69 Å². The first kappa shape index (κ1) is 4.63. The molecule has 1 aliphatic heterocycles. The molecule has 0 aliphatic carbocycles. The van der Waals surface area contributed by atoms with Crippen LogP contribution in [0.2, 0.25) is 0 Å². The van der Waals surface area contributed by atoms with Crippen molar-refractivity contribution in [2.24, 2.45) is 0 Å². The monoisotopic (exact) mass is 125 g/mol. The van der Waals surface area contributed by atoms with Crippen LogP contribution in [0.15, 0.2) is 0 Å². The standard InChI is InChI=1S/C4H3N3O2/c8-1-2-3-4(9-3)6-7-5-2/h8H,1H2. The molecule has 5 nitrogen and oxygen atoms in total. The van der Waals surface area contributed by atoms with Gasteiger partial charge in [0.1, 0.15) is 5.69 Å². The van der Waals surface area contributed by atoms with Gasteiger partial charge in [0, 0.05) is 0 Å². The lowest BCUT2D eigenvalue weighted by atomic mass is 10.4. The molecule has 9 heavy (non-hydrogen) atoms. The summed E-state index contributed by atoms with van der Waals surface area (Å²) in [6.45, 7) is -0.141. The smallest absolute Gasteiger partial charge is 0.286 e. The Morgan fingerprint density at radius 1 is 1.44 bits per heavy atom. The predicted octanol–water partition coefficient (Wildman–Crippen LogP) is -0.530. The first-order chi connectivity index (χ1) is 4.42. The normalized spacial score (nSPS) is 12.1. The fourth-order valence-electron chi connectivity index (χ4n) is 0.585. The van der Waals surface area contributed by atoms with E-state index in [2.05, 4.69) is 15.4 Å². The Labute approximate surface area is 50.3 Å². The SMILES string of the molecule is OCc1nnnc2c1O2. The largest absolute Gasteiger partial charge is 0.427 e. The van der Waals surface area contributed by atoms with Crippen molar-refractivity contribution < 1.29 is 9.84 Å². The van der Waals surface area contributed by atoms with E-state index in [0.717, 1.165) is 0 Å². The van der Waals surface area contributed by atoms with Crippen LogP contribution in [0.1, 0.15) is 5.69 Å². The van der Waals surface area contributed by atoms with E-state index in [1.807, 2.05) is 0 Å². The van der Waals surface area contributed by atoms with Crippen molar-refractivity contribution in [3.8, 4) is 11.6 Å². The van der Waals surface area contributed by atoms with Gasteiger partial charge in [-0.3, -0.25) is 0 Å². The zero-order valence-electron chi connectivity index (χ0n) is 4.40. The first-order valence-electron chi connectivity index (χ1n) is 2.43. The Hall–Kier alpha value is -1.23. The predicted molar refractivity (Wildman–Crippen MR) is 25.8 cm³/mol. The van der Waals surface area contributed by atoms with Crippen LogP contribution in [0.3, 0.4) is 0 Å². The average molecular weight is 125 g/mol. The minimum Gasteiger partial charge on any atom is -0.427 e. The molecule has 0 bridgehead atoms. The minimum atomic E-state index is -0.141. The number of aliphatic hydroxyl groups excluding tert-OH is 1. The van der Waals surface area contributed by atoms with Gasteiger partial charge in [-0.1, -0.05) is 5.10 Å². The van der Waals surface area contributed by atoms with Crippen molar-refractivity contribution >= 4 is 0 Å². The van der Waals surface area contributed by atoms with Gasteiger partial charge in [-0.2, -0.15) is 0 Å². The Kier molecular flexibility index (Phi) is 0.711. The highest BCUT2D eigenvalue weighted by Crippen LogP contribution is 2.43. The van der Waals surface area contributed by atoms with Crippen LogP contribution in [0.4, 0.5) is 0 Å². The van der Waals surface area contributed by atoms with Gasteiger partial charge >= 0.3 is 0 Å². The molecular formula is C4H3N3O2. The van der Waals surface area contributed by atoms with E-state index in [4.69, 9.17) is 9.84 Å². The molecule has 0 saturated heterocycles. The minimum absolute atomic E-state index is 0.141. The maximum Gasteiger partial charge on any atom is 0.286 e. The maximum atomic E-state index is 8.54. The molecule has 0 spiro atoms. The number of ether oxygens (including phenoxy) is 1. The van der Waals surface area contributed by atoms with E-state index in [0.29, 0.717) is 17.3 Å². The van der Waals surface area contributed by atoms with Crippen LogP contribution in [0.5, 0.6) is 11.6 Å². The van der Waals surface area contributed by atoms with E-state index >= 15 is 0 Å². The summed E-state index contributed by atoms with van der Waals surface area (Å²) < 4.78 is 4.76. The van der Waals surface area contributed by atoms with Gasteiger partial charge < -0.3 is 9.84 Å². The van der Waals surface area contributed by atoms with Gasteiger partial charge in [-0.05, 0) is 5.21 Å². The van der Waals surface area contributed by atoms with Crippen molar-refractivity contribution in [1.82, 2.24) is 15.4 Å². The first-order valence-corrected chi connectivity index (χ1v) is 2.43. The van der Waals surface area contributed by atoms with Gasteiger partial charge in [-0.25, -0.2) is 0 Å². The summed E-state index contributed by atoms with van der Waals surface area (Å²) in [6.07, 6.45) is 0. The van der Waals surface area contributed by atoms with Crippen LogP contribution in [-0.4, -0.2) is 20.5 Å². The molecule has 1 N–H and O–H groups in total. The lowest BCUT2D eigenvalue weighted by Gasteiger charge is -1.81. The van der Waals surface area contributed by atoms with Gasteiger partial charge in [0.05, 0.1) is 6.61 Å². The van der Waals surface area contributed by atoms with Crippen molar-refractivity contribution in [1.29, 1.82) is 0 Å². The third kappa shape index (κ3) is 0.548. The van der Waals surface area contributed by atoms with Crippen LogP contribution in [-0.2, 0) is 6.61 Å². The number of rotatable bonds is 1. The van der Waals surface area contributed by atoms with E-state index in [9.17, 15) is 0 Å². The summed E-state index contributed by atoms with van der Waals surface area (Å²) in [5, 5.41) is 18.9.